The van der Waals surface area contributed by atoms with E-state index in [-0.39, 0.29) is 6.54 Å². The molecule has 1 aromatic heterocycles. The standard InChI is InChI=1S/C15H19NO3S2/c1-11-5-6-12(2)15(10-11)21(18,19)16-8-7-13(17)14-4-3-9-20-14/h3-6,9-10,13,16-17H,7-8H2,1-2H3. The molecule has 0 fully saturated rings. The maximum atomic E-state index is 12.3. The fourth-order valence-corrected chi connectivity index (χ4v) is 4.15. The Bertz CT molecular complexity index is 694. The molecule has 0 aliphatic rings. The number of rotatable bonds is 6. The largest absolute Gasteiger partial charge is 0.388 e. The molecule has 0 amide bonds. The van der Waals surface area contributed by atoms with Gasteiger partial charge in [0.25, 0.3) is 0 Å². The molecule has 1 unspecified atom stereocenters. The summed E-state index contributed by atoms with van der Waals surface area (Å²) in [7, 11) is -3.54. The van der Waals surface area contributed by atoms with Crippen LogP contribution in [0.15, 0.2) is 40.6 Å². The van der Waals surface area contributed by atoms with E-state index < -0.39 is 16.1 Å². The van der Waals surface area contributed by atoms with Gasteiger partial charge in [-0.25, -0.2) is 13.1 Å². The number of aliphatic hydroxyl groups excluding tert-OH is 1. The number of sulfonamides is 1. The van der Waals surface area contributed by atoms with Gasteiger partial charge < -0.3 is 5.11 Å². The summed E-state index contributed by atoms with van der Waals surface area (Å²) in [6, 6.07) is 9.05. The van der Waals surface area contributed by atoms with Gasteiger partial charge in [-0.05, 0) is 48.9 Å². The van der Waals surface area contributed by atoms with Gasteiger partial charge in [-0.3, -0.25) is 0 Å². The molecule has 0 saturated heterocycles. The van der Waals surface area contributed by atoms with Crippen molar-refractivity contribution in [3.8, 4) is 0 Å². The smallest absolute Gasteiger partial charge is 0.240 e. The van der Waals surface area contributed by atoms with Crippen molar-refractivity contribution in [2.24, 2.45) is 0 Å². The molecular formula is C15H19NO3S2. The minimum atomic E-state index is -3.54. The molecule has 0 aliphatic carbocycles. The second-order valence-corrected chi connectivity index (χ2v) is 7.70. The number of hydrogen-bond donors (Lipinski definition) is 2. The Morgan fingerprint density at radius 3 is 2.71 bits per heavy atom. The Hall–Kier alpha value is -1.21. The van der Waals surface area contributed by atoms with Crippen molar-refractivity contribution in [1.82, 2.24) is 4.72 Å². The molecular weight excluding hydrogens is 306 g/mol. The zero-order chi connectivity index (χ0) is 15.5. The highest BCUT2D eigenvalue weighted by atomic mass is 32.2. The third-order valence-electron chi connectivity index (χ3n) is 3.21. The zero-order valence-electron chi connectivity index (χ0n) is 12.0. The third-order valence-corrected chi connectivity index (χ3v) is 5.79. The number of aliphatic hydroxyl groups is 1. The van der Waals surface area contributed by atoms with Crippen molar-refractivity contribution in [3.05, 3.63) is 51.7 Å². The minimum Gasteiger partial charge on any atom is -0.388 e. The van der Waals surface area contributed by atoms with Crippen molar-refractivity contribution in [3.63, 3.8) is 0 Å². The first-order valence-corrected chi connectivity index (χ1v) is 9.05. The second-order valence-electron chi connectivity index (χ2n) is 4.99. The summed E-state index contributed by atoms with van der Waals surface area (Å²) in [4.78, 5) is 1.15. The molecule has 0 bridgehead atoms. The molecule has 2 N–H and O–H groups in total. The van der Waals surface area contributed by atoms with Crippen LogP contribution in [0.25, 0.3) is 0 Å². The van der Waals surface area contributed by atoms with Gasteiger partial charge in [-0.15, -0.1) is 11.3 Å². The Labute approximate surface area is 129 Å². The molecule has 0 spiro atoms. The Balaban J connectivity index is 2.00. The van der Waals surface area contributed by atoms with Crippen LogP contribution in [0.2, 0.25) is 0 Å². The molecule has 114 valence electrons. The average molecular weight is 325 g/mol. The highest BCUT2D eigenvalue weighted by Crippen LogP contribution is 2.21. The molecule has 2 aromatic rings. The molecule has 1 heterocycles. The number of thiophene rings is 1. The maximum absolute atomic E-state index is 12.3. The summed E-state index contributed by atoms with van der Waals surface area (Å²) < 4.78 is 27.1. The van der Waals surface area contributed by atoms with Gasteiger partial charge in [0.2, 0.25) is 10.0 Å². The van der Waals surface area contributed by atoms with Gasteiger partial charge in [0, 0.05) is 11.4 Å². The zero-order valence-corrected chi connectivity index (χ0v) is 13.7. The van der Waals surface area contributed by atoms with Crippen LogP contribution in [0.4, 0.5) is 0 Å². The predicted molar refractivity (Wildman–Crippen MR) is 85.0 cm³/mol. The van der Waals surface area contributed by atoms with Gasteiger partial charge in [0.1, 0.15) is 0 Å². The lowest BCUT2D eigenvalue weighted by atomic mass is 10.2. The van der Waals surface area contributed by atoms with Crippen molar-refractivity contribution in [2.75, 3.05) is 6.54 Å². The van der Waals surface area contributed by atoms with E-state index in [1.54, 1.807) is 19.1 Å². The van der Waals surface area contributed by atoms with E-state index >= 15 is 0 Å². The number of aryl methyl sites for hydroxylation is 2. The van der Waals surface area contributed by atoms with Crippen molar-refractivity contribution in [1.29, 1.82) is 0 Å². The highest BCUT2D eigenvalue weighted by molar-refractivity contribution is 7.89. The summed E-state index contributed by atoms with van der Waals surface area (Å²) in [5, 5.41) is 11.8. The monoisotopic (exact) mass is 325 g/mol. The summed E-state index contributed by atoms with van der Waals surface area (Å²) >= 11 is 1.46. The molecule has 2 rings (SSSR count). The maximum Gasteiger partial charge on any atom is 0.240 e. The van der Waals surface area contributed by atoms with Gasteiger partial charge in [-0.2, -0.15) is 0 Å². The molecule has 1 atom stereocenters. The van der Waals surface area contributed by atoms with E-state index in [2.05, 4.69) is 4.72 Å². The lowest BCUT2D eigenvalue weighted by molar-refractivity contribution is 0.173. The van der Waals surface area contributed by atoms with Gasteiger partial charge in [-0.1, -0.05) is 18.2 Å². The van der Waals surface area contributed by atoms with Gasteiger partial charge in [0.15, 0.2) is 0 Å². The third kappa shape index (κ3) is 4.14. The van der Waals surface area contributed by atoms with Gasteiger partial charge in [0.05, 0.1) is 11.0 Å². The summed E-state index contributed by atoms with van der Waals surface area (Å²) in [5.41, 5.74) is 1.62. The predicted octanol–water partition coefficient (Wildman–Crippen LogP) is 2.77. The SMILES string of the molecule is Cc1ccc(C)c(S(=O)(=O)NCCC(O)c2cccs2)c1. The Kier molecular flexibility index (Phi) is 5.16. The minimum absolute atomic E-state index is 0.203. The van der Waals surface area contributed by atoms with Crippen LogP contribution in [-0.2, 0) is 10.0 Å². The van der Waals surface area contributed by atoms with E-state index in [4.69, 9.17) is 0 Å². The van der Waals surface area contributed by atoms with Crippen LogP contribution in [0, 0.1) is 13.8 Å². The lowest BCUT2D eigenvalue weighted by Crippen LogP contribution is -2.26. The van der Waals surface area contributed by atoms with Crippen LogP contribution in [0.3, 0.4) is 0 Å². The number of benzene rings is 1. The van der Waals surface area contributed by atoms with Crippen molar-refractivity contribution in [2.45, 2.75) is 31.3 Å². The lowest BCUT2D eigenvalue weighted by Gasteiger charge is -2.12. The Morgan fingerprint density at radius 1 is 1.29 bits per heavy atom. The fourth-order valence-electron chi connectivity index (χ4n) is 2.03. The fraction of sp³-hybridized carbons (Fsp3) is 0.333. The van der Waals surface area contributed by atoms with Crippen LogP contribution < -0.4 is 4.72 Å². The van der Waals surface area contributed by atoms with E-state index in [0.29, 0.717) is 16.9 Å². The quantitative estimate of drug-likeness (QED) is 0.858. The first-order chi connectivity index (χ1) is 9.90. The highest BCUT2D eigenvalue weighted by Gasteiger charge is 2.17. The average Bonchev–Trinajstić information content (AvgIpc) is 2.95. The molecule has 0 aliphatic heterocycles. The molecule has 0 saturated carbocycles. The van der Waals surface area contributed by atoms with Crippen LogP contribution in [0.5, 0.6) is 0 Å². The van der Waals surface area contributed by atoms with Gasteiger partial charge >= 0.3 is 0 Å². The summed E-state index contributed by atoms with van der Waals surface area (Å²) in [6.45, 7) is 3.84. The van der Waals surface area contributed by atoms with Crippen molar-refractivity contribution >= 4 is 21.4 Å². The van der Waals surface area contributed by atoms with Crippen molar-refractivity contribution < 1.29 is 13.5 Å². The number of hydrogen-bond acceptors (Lipinski definition) is 4. The van der Waals surface area contributed by atoms with E-state index in [9.17, 15) is 13.5 Å². The summed E-state index contributed by atoms with van der Waals surface area (Å²) in [5.74, 6) is 0. The summed E-state index contributed by atoms with van der Waals surface area (Å²) in [6.07, 6.45) is -0.281. The first kappa shape index (κ1) is 16.2. The van der Waals surface area contributed by atoms with Crippen LogP contribution in [0.1, 0.15) is 28.5 Å². The molecule has 21 heavy (non-hydrogen) atoms. The molecule has 0 radical (unpaired) electrons. The van der Waals surface area contributed by atoms with Crippen LogP contribution in [-0.4, -0.2) is 20.1 Å². The molecule has 4 nitrogen and oxygen atoms in total. The first-order valence-electron chi connectivity index (χ1n) is 6.68. The second kappa shape index (κ2) is 6.70. The van der Waals surface area contributed by atoms with E-state index in [1.807, 2.05) is 30.5 Å². The normalized spacial score (nSPS) is 13.3. The molecule has 6 heteroatoms. The molecule has 1 aromatic carbocycles. The van der Waals surface area contributed by atoms with Crippen LogP contribution >= 0.6 is 11.3 Å². The Morgan fingerprint density at radius 2 is 2.05 bits per heavy atom. The topological polar surface area (TPSA) is 66.4 Å². The number of nitrogens with one attached hydrogen (secondary N) is 1. The van der Waals surface area contributed by atoms with E-state index in [0.717, 1.165) is 10.4 Å². The van der Waals surface area contributed by atoms with E-state index in [1.165, 1.54) is 11.3 Å².